The lowest BCUT2D eigenvalue weighted by molar-refractivity contribution is -0.133. The van der Waals surface area contributed by atoms with Gasteiger partial charge in [0, 0.05) is 20.7 Å². The molecular formula is C9H17N3O3S. The minimum atomic E-state index is -0.269. The van der Waals surface area contributed by atoms with E-state index in [1.54, 1.807) is 7.11 Å². The molecule has 2 amide bonds. The van der Waals surface area contributed by atoms with Gasteiger partial charge in [-0.15, -0.1) is 0 Å². The molecular weight excluding hydrogens is 230 g/mol. The van der Waals surface area contributed by atoms with Gasteiger partial charge in [-0.2, -0.15) is 0 Å². The second-order valence-electron chi connectivity index (χ2n) is 3.24. The summed E-state index contributed by atoms with van der Waals surface area (Å²) in [5, 5.41) is 2.60. The van der Waals surface area contributed by atoms with Crippen molar-refractivity contribution in [2.24, 2.45) is 5.73 Å². The van der Waals surface area contributed by atoms with Crippen LogP contribution in [-0.2, 0) is 14.3 Å². The summed E-state index contributed by atoms with van der Waals surface area (Å²) in [7, 11) is 3.07. The minimum Gasteiger partial charge on any atom is -0.393 e. The number of ether oxygens (including phenoxy) is 1. The van der Waals surface area contributed by atoms with Gasteiger partial charge >= 0.3 is 0 Å². The zero-order valence-corrected chi connectivity index (χ0v) is 10.3. The number of hydrogen-bond donors (Lipinski definition) is 2. The number of carbonyl (C=O) groups is 2. The molecule has 7 heteroatoms. The highest BCUT2D eigenvalue weighted by Crippen LogP contribution is 1.90. The lowest BCUT2D eigenvalue weighted by atomic mass is 10.3. The van der Waals surface area contributed by atoms with Crippen molar-refractivity contribution in [2.75, 3.05) is 33.9 Å². The van der Waals surface area contributed by atoms with Crippen molar-refractivity contribution >= 4 is 29.0 Å². The van der Waals surface area contributed by atoms with Crippen LogP contribution < -0.4 is 11.1 Å². The first-order valence-corrected chi connectivity index (χ1v) is 5.16. The normalized spacial score (nSPS) is 9.62. The number of carbonyl (C=O) groups excluding carboxylic acids is 2. The van der Waals surface area contributed by atoms with E-state index in [4.69, 9.17) is 10.5 Å². The summed E-state index contributed by atoms with van der Waals surface area (Å²) < 4.78 is 4.77. The van der Waals surface area contributed by atoms with Gasteiger partial charge in [-0.25, -0.2) is 0 Å². The van der Waals surface area contributed by atoms with E-state index in [9.17, 15) is 9.59 Å². The standard InChI is InChI=1S/C9H17N3O3S/c1-12(9(14)5-7(10)16)6-8(13)11-3-4-15-2/h3-6H2,1-2H3,(H2,10,16)(H,11,13). The van der Waals surface area contributed by atoms with Gasteiger partial charge in [0.15, 0.2) is 0 Å². The fourth-order valence-electron chi connectivity index (χ4n) is 0.936. The van der Waals surface area contributed by atoms with E-state index in [0.717, 1.165) is 0 Å². The number of likely N-dealkylation sites (N-methyl/N-ethyl adjacent to an activating group) is 1. The lowest BCUT2D eigenvalue weighted by Gasteiger charge is -2.16. The fraction of sp³-hybridized carbons (Fsp3) is 0.667. The highest BCUT2D eigenvalue weighted by molar-refractivity contribution is 7.80. The summed E-state index contributed by atoms with van der Waals surface area (Å²) in [5.41, 5.74) is 5.23. The van der Waals surface area contributed by atoms with Gasteiger partial charge < -0.3 is 20.7 Å². The van der Waals surface area contributed by atoms with E-state index < -0.39 is 0 Å². The van der Waals surface area contributed by atoms with Crippen molar-refractivity contribution < 1.29 is 14.3 Å². The number of nitrogens with zero attached hydrogens (tertiary/aromatic N) is 1. The molecule has 0 bridgehead atoms. The first-order valence-electron chi connectivity index (χ1n) is 4.75. The SMILES string of the molecule is COCCNC(=O)CN(C)C(=O)CC(N)=S. The number of thiocarbonyl (C=S) groups is 1. The van der Waals surface area contributed by atoms with Gasteiger partial charge in [0.2, 0.25) is 11.8 Å². The molecule has 16 heavy (non-hydrogen) atoms. The quantitative estimate of drug-likeness (QED) is 0.440. The van der Waals surface area contributed by atoms with Crippen LogP contribution in [0.15, 0.2) is 0 Å². The van der Waals surface area contributed by atoms with Gasteiger partial charge in [0.1, 0.15) is 0 Å². The minimum absolute atomic E-state index is 0.00877. The summed E-state index contributed by atoms with van der Waals surface area (Å²) in [6, 6.07) is 0. The van der Waals surface area contributed by atoms with Gasteiger partial charge in [-0.05, 0) is 0 Å². The molecule has 0 aliphatic carbocycles. The van der Waals surface area contributed by atoms with Crippen LogP contribution >= 0.6 is 12.2 Å². The third kappa shape index (κ3) is 7.13. The Kier molecular flexibility index (Phi) is 7.40. The Bertz CT molecular complexity index is 271. The van der Waals surface area contributed by atoms with Crippen molar-refractivity contribution in [1.82, 2.24) is 10.2 Å². The van der Waals surface area contributed by atoms with Crippen LogP contribution in [0.25, 0.3) is 0 Å². The Morgan fingerprint density at radius 2 is 2.12 bits per heavy atom. The first-order chi connectivity index (χ1) is 7.47. The second-order valence-corrected chi connectivity index (χ2v) is 3.76. The smallest absolute Gasteiger partial charge is 0.239 e. The predicted molar refractivity (Wildman–Crippen MR) is 63.9 cm³/mol. The summed E-state index contributed by atoms with van der Waals surface area (Å²) in [4.78, 5) is 24.1. The van der Waals surface area contributed by atoms with Crippen molar-refractivity contribution in [3.63, 3.8) is 0 Å². The van der Waals surface area contributed by atoms with E-state index in [1.165, 1.54) is 11.9 Å². The molecule has 0 unspecified atom stereocenters. The third-order valence-electron chi connectivity index (χ3n) is 1.76. The highest BCUT2D eigenvalue weighted by Gasteiger charge is 2.12. The van der Waals surface area contributed by atoms with Crippen LogP contribution in [0, 0.1) is 0 Å². The van der Waals surface area contributed by atoms with E-state index in [-0.39, 0.29) is 29.8 Å². The molecule has 0 radical (unpaired) electrons. The number of amides is 2. The molecule has 0 heterocycles. The zero-order valence-electron chi connectivity index (χ0n) is 9.49. The molecule has 0 rings (SSSR count). The van der Waals surface area contributed by atoms with Crippen LogP contribution in [0.2, 0.25) is 0 Å². The Hall–Kier alpha value is -1.21. The maximum absolute atomic E-state index is 11.4. The second kappa shape index (κ2) is 8.00. The molecule has 3 N–H and O–H groups in total. The molecule has 92 valence electrons. The molecule has 0 aliphatic rings. The molecule has 0 fully saturated rings. The molecule has 0 spiro atoms. The van der Waals surface area contributed by atoms with Crippen LogP contribution in [-0.4, -0.2) is 55.6 Å². The largest absolute Gasteiger partial charge is 0.393 e. The van der Waals surface area contributed by atoms with E-state index in [1.807, 2.05) is 0 Å². The number of hydrogen-bond acceptors (Lipinski definition) is 4. The van der Waals surface area contributed by atoms with Crippen LogP contribution in [0.5, 0.6) is 0 Å². The summed E-state index contributed by atoms with van der Waals surface area (Å²) in [5.74, 6) is -0.509. The summed E-state index contributed by atoms with van der Waals surface area (Å²) in [6.45, 7) is 0.855. The maximum atomic E-state index is 11.4. The molecule has 0 saturated heterocycles. The Morgan fingerprint density at radius 3 is 2.62 bits per heavy atom. The number of nitrogens with two attached hydrogens (primary N) is 1. The van der Waals surface area contributed by atoms with Crippen molar-refractivity contribution in [3.05, 3.63) is 0 Å². The molecule has 0 aliphatic heterocycles. The van der Waals surface area contributed by atoms with Gasteiger partial charge in [-0.1, -0.05) is 12.2 Å². The van der Waals surface area contributed by atoms with E-state index >= 15 is 0 Å². The van der Waals surface area contributed by atoms with Gasteiger partial charge in [0.05, 0.1) is 24.6 Å². The van der Waals surface area contributed by atoms with Crippen molar-refractivity contribution in [2.45, 2.75) is 6.42 Å². The average Bonchev–Trinajstić information content (AvgIpc) is 2.16. The number of rotatable bonds is 7. The van der Waals surface area contributed by atoms with E-state index in [2.05, 4.69) is 17.5 Å². The molecule has 0 aromatic heterocycles. The van der Waals surface area contributed by atoms with Crippen LogP contribution in [0.4, 0.5) is 0 Å². The fourth-order valence-corrected chi connectivity index (χ4v) is 1.06. The molecule has 0 aromatic rings. The van der Waals surface area contributed by atoms with Crippen LogP contribution in [0.3, 0.4) is 0 Å². The zero-order chi connectivity index (χ0) is 12.6. The lowest BCUT2D eigenvalue weighted by Crippen LogP contribution is -2.40. The Balaban J connectivity index is 3.85. The monoisotopic (exact) mass is 247 g/mol. The molecule has 0 aromatic carbocycles. The summed E-state index contributed by atoms with van der Waals surface area (Å²) in [6.07, 6.45) is -0.0167. The predicted octanol–water partition coefficient (Wildman–Crippen LogP) is -1.12. The first kappa shape index (κ1) is 14.8. The maximum Gasteiger partial charge on any atom is 0.239 e. The van der Waals surface area contributed by atoms with E-state index in [0.29, 0.717) is 13.2 Å². The average molecular weight is 247 g/mol. The number of methoxy groups -OCH3 is 1. The summed E-state index contributed by atoms with van der Waals surface area (Å²) >= 11 is 4.60. The van der Waals surface area contributed by atoms with Gasteiger partial charge in [0.25, 0.3) is 0 Å². The third-order valence-corrected chi connectivity index (χ3v) is 1.90. The van der Waals surface area contributed by atoms with Crippen molar-refractivity contribution in [3.8, 4) is 0 Å². The molecule has 0 atom stereocenters. The van der Waals surface area contributed by atoms with Crippen molar-refractivity contribution in [1.29, 1.82) is 0 Å². The topological polar surface area (TPSA) is 84.7 Å². The highest BCUT2D eigenvalue weighted by atomic mass is 32.1. The molecule has 0 saturated carbocycles. The molecule has 6 nitrogen and oxygen atoms in total. The Labute approximate surface area is 100 Å². The van der Waals surface area contributed by atoms with Crippen LogP contribution in [0.1, 0.15) is 6.42 Å². The van der Waals surface area contributed by atoms with Gasteiger partial charge in [-0.3, -0.25) is 9.59 Å². The number of nitrogens with one attached hydrogen (secondary N) is 1. The Morgan fingerprint density at radius 1 is 1.50 bits per heavy atom.